The van der Waals surface area contributed by atoms with E-state index >= 15 is 0 Å². The summed E-state index contributed by atoms with van der Waals surface area (Å²) >= 11 is 0. The number of carbonyl (C=O) groups is 1. The molecule has 90 valence electrons. The maximum Gasteiger partial charge on any atom is 0.307 e. The standard InChI is InChI=1S/C8H15NO4S.ClH/c1-13-7(10)5-8(9)3-2-4-14(11,12)6-8;/h2-6,9H2,1H3;1H. The van der Waals surface area contributed by atoms with Crippen molar-refractivity contribution in [1.82, 2.24) is 0 Å². The van der Waals surface area contributed by atoms with E-state index in [9.17, 15) is 13.2 Å². The zero-order chi connectivity index (χ0) is 10.8. The number of halogens is 1. The monoisotopic (exact) mass is 257 g/mol. The van der Waals surface area contributed by atoms with Gasteiger partial charge in [0.2, 0.25) is 0 Å². The van der Waals surface area contributed by atoms with E-state index in [2.05, 4.69) is 4.74 Å². The molecule has 5 nitrogen and oxygen atoms in total. The molecule has 0 aromatic carbocycles. The Balaban J connectivity index is 0.00000196. The van der Waals surface area contributed by atoms with E-state index in [1.54, 1.807) is 0 Å². The summed E-state index contributed by atoms with van der Waals surface area (Å²) in [5, 5.41) is 0. The van der Waals surface area contributed by atoms with E-state index in [0.29, 0.717) is 12.8 Å². The molecular weight excluding hydrogens is 242 g/mol. The van der Waals surface area contributed by atoms with Crippen molar-refractivity contribution in [3.8, 4) is 0 Å². The lowest BCUT2D eigenvalue weighted by atomic mass is 9.93. The summed E-state index contributed by atoms with van der Waals surface area (Å²) in [5.74, 6) is -0.396. The third kappa shape index (κ3) is 4.36. The lowest BCUT2D eigenvalue weighted by Crippen LogP contribution is -2.51. The fourth-order valence-electron chi connectivity index (χ4n) is 1.73. The molecular formula is C8H16ClNO4S. The highest BCUT2D eigenvalue weighted by molar-refractivity contribution is 7.91. The minimum atomic E-state index is -3.08. The Kier molecular flexibility index (Phi) is 5.02. The number of methoxy groups -OCH3 is 1. The van der Waals surface area contributed by atoms with Gasteiger partial charge in [-0.1, -0.05) is 0 Å². The van der Waals surface area contributed by atoms with Gasteiger partial charge in [0.15, 0.2) is 9.84 Å². The molecule has 0 aromatic heterocycles. The number of hydrogen-bond donors (Lipinski definition) is 1. The van der Waals surface area contributed by atoms with Crippen LogP contribution in [0.25, 0.3) is 0 Å². The van der Waals surface area contributed by atoms with Gasteiger partial charge in [-0.05, 0) is 12.8 Å². The van der Waals surface area contributed by atoms with E-state index in [1.165, 1.54) is 7.11 Å². The lowest BCUT2D eigenvalue weighted by Gasteiger charge is -2.31. The normalized spacial score (nSPS) is 28.9. The molecule has 1 rings (SSSR count). The van der Waals surface area contributed by atoms with Gasteiger partial charge in [0, 0.05) is 5.54 Å². The third-order valence-electron chi connectivity index (χ3n) is 2.36. The van der Waals surface area contributed by atoms with E-state index in [0.717, 1.165) is 0 Å². The van der Waals surface area contributed by atoms with E-state index < -0.39 is 21.3 Å². The molecule has 7 heteroatoms. The van der Waals surface area contributed by atoms with Crippen LogP contribution in [0.3, 0.4) is 0 Å². The minimum Gasteiger partial charge on any atom is -0.469 e. The number of ether oxygens (including phenoxy) is 1. The van der Waals surface area contributed by atoms with Crippen molar-refractivity contribution in [3.63, 3.8) is 0 Å². The molecule has 1 unspecified atom stereocenters. The van der Waals surface area contributed by atoms with Crippen molar-refractivity contribution >= 4 is 28.2 Å². The topological polar surface area (TPSA) is 86.5 Å². The predicted molar refractivity (Wildman–Crippen MR) is 58.7 cm³/mol. The Hall–Kier alpha value is -0.330. The smallest absolute Gasteiger partial charge is 0.307 e. The Morgan fingerprint density at radius 1 is 1.53 bits per heavy atom. The molecule has 0 aromatic rings. The zero-order valence-electron chi connectivity index (χ0n) is 8.56. The number of esters is 1. The van der Waals surface area contributed by atoms with Gasteiger partial charge >= 0.3 is 5.97 Å². The van der Waals surface area contributed by atoms with Crippen LogP contribution in [0.1, 0.15) is 19.3 Å². The van der Waals surface area contributed by atoms with Gasteiger partial charge in [-0.2, -0.15) is 0 Å². The number of nitrogens with two attached hydrogens (primary N) is 1. The summed E-state index contributed by atoms with van der Waals surface area (Å²) in [4.78, 5) is 11.0. The fraction of sp³-hybridized carbons (Fsp3) is 0.875. The van der Waals surface area contributed by atoms with E-state index in [-0.39, 0.29) is 30.3 Å². The van der Waals surface area contributed by atoms with Crippen LogP contribution in [-0.4, -0.2) is 38.5 Å². The molecule has 0 aliphatic carbocycles. The Morgan fingerprint density at radius 2 is 2.13 bits per heavy atom. The second-order valence-corrected chi connectivity index (χ2v) is 5.99. The molecule has 15 heavy (non-hydrogen) atoms. The molecule has 0 bridgehead atoms. The highest BCUT2D eigenvalue weighted by Gasteiger charge is 2.37. The molecule has 1 heterocycles. The van der Waals surface area contributed by atoms with Crippen LogP contribution in [0.15, 0.2) is 0 Å². The largest absolute Gasteiger partial charge is 0.469 e. The van der Waals surface area contributed by atoms with Crippen molar-refractivity contribution in [2.75, 3.05) is 18.6 Å². The van der Waals surface area contributed by atoms with Crippen LogP contribution in [-0.2, 0) is 19.4 Å². The molecule has 0 spiro atoms. The number of rotatable bonds is 2. The summed E-state index contributed by atoms with van der Waals surface area (Å²) < 4.78 is 27.1. The van der Waals surface area contributed by atoms with Gasteiger partial charge in [0.25, 0.3) is 0 Å². The van der Waals surface area contributed by atoms with Gasteiger partial charge in [0.1, 0.15) is 0 Å². The Labute approximate surface area is 95.7 Å². The average molecular weight is 258 g/mol. The molecule has 0 radical (unpaired) electrons. The maximum atomic E-state index is 11.3. The summed E-state index contributed by atoms with van der Waals surface area (Å²) in [7, 11) is -1.81. The summed E-state index contributed by atoms with van der Waals surface area (Å²) in [6.45, 7) is 0. The van der Waals surface area contributed by atoms with Crippen LogP contribution in [0.4, 0.5) is 0 Å². The first-order valence-corrected chi connectivity index (χ1v) is 6.25. The number of hydrogen-bond acceptors (Lipinski definition) is 5. The fourth-order valence-corrected chi connectivity index (χ4v) is 3.58. The second-order valence-electron chi connectivity index (χ2n) is 3.81. The van der Waals surface area contributed by atoms with Crippen molar-refractivity contribution in [3.05, 3.63) is 0 Å². The third-order valence-corrected chi connectivity index (χ3v) is 4.29. The van der Waals surface area contributed by atoms with Crippen molar-refractivity contribution < 1.29 is 17.9 Å². The van der Waals surface area contributed by atoms with E-state index in [4.69, 9.17) is 5.73 Å². The molecule has 2 N–H and O–H groups in total. The number of sulfone groups is 1. The first-order chi connectivity index (χ1) is 6.37. The van der Waals surface area contributed by atoms with Gasteiger partial charge in [-0.15, -0.1) is 12.4 Å². The van der Waals surface area contributed by atoms with E-state index in [1.807, 2.05) is 0 Å². The first-order valence-electron chi connectivity index (χ1n) is 4.43. The lowest BCUT2D eigenvalue weighted by molar-refractivity contribution is -0.141. The van der Waals surface area contributed by atoms with Crippen LogP contribution in [0, 0.1) is 0 Å². The van der Waals surface area contributed by atoms with Gasteiger partial charge in [0.05, 0.1) is 25.0 Å². The molecule has 1 fully saturated rings. The highest BCUT2D eigenvalue weighted by Crippen LogP contribution is 2.23. The summed E-state index contributed by atoms with van der Waals surface area (Å²) in [5.41, 5.74) is 4.90. The molecule has 1 saturated heterocycles. The quantitative estimate of drug-likeness (QED) is 0.697. The Bertz CT molecular complexity index is 330. The van der Waals surface area contributed by atoms with Crippen molar-refractivity contribution in [1.29, 1.82) is 0 Å². The summed E-state index contributed by atoms with van der Waals surface area (Å²) in [6, 6.07) is 0. The molecule has 0 amide bonds. The van der Waals surface area contributed by atoms with Gasteiger partial charge < -0.3 is 10.5 Å². The SMILES string of the molecule is COC(=O)CC1(N)CCCS(=O)(=O)C1.Cl. The molecule has 1 atom stereocenters. The zero-order valence-corrected chi connectivity index (χ0v) is 10.2. The molecule has 1 aliphatic rings. The van der Waals surface area contributed by atoms with Crippen LogP contribution in [0.2, 0.25) is 0 Å². The predicted octanol–water partition coefficient (Wildman–Crippen LogP) is -0.123. The van der Waals surface area contributed by atoms with Crippen LogP contribution in [0.5, 0.6) is 0 Å². The second kappa shape index (κ2) is 5.14. The summed E-state index contributed by atoms with van der Waals surface area (Å²) in [6.07, 6.45) is 1.06. The van der Waals surface area contributed by atoms with Gasteiger partial charge in [-0.3, -0.25) is 4.79 Å². The number of carbonyl (C=O) groups excluding carboxylic acids is 1. The molecule has 0 saturated carbocycles. The molecule has 1 aliphatic heterocycles. The highest BCUT2D eigenvalue weighted by atomic mass is 35.5. The Morgan fingerprint density at radius 3 is 2.60 bits per heavy atom. The van der Waals surface area contributed by atoms with Crippen molar-refractivity contribution in [2.45, 2.75) is 24.8 Å². The first kappa shape index (κ1) is 14.7. The van der Waals surface area contributed by atoms with Gasteiger partial charge in [-0.25, -0.2) is 8.42 Å². The average Bonchev–Trinajstić information content (AvgIpc) is 2.00. The van der Waals surface area contributed by atoms with Crippen molar-refractivity contribution in [2.24, 2.45) is 5.73 Å². The minimum absolute atomic E-state index is 0. The maximum absolute atomic E-state index is 11.3. The van der Waals surface area contributed by atoms with Crippen LogP contribution < -0.4 is 5.73 Å². The van der Waals surface area contributed by atoms with Crippen LogP contribution >= 0.6 is 12.4 Å².